The summed E-state index contributed by atoms with van der Waals surface area (Å²) in [6.07, 6.45) is 6.22. The van der Waals surface area contributed by atoms with E-state index in [9.17, 15) is 4.79 Å². The van der Waals surface area contributed by atoms with E-state index in [1.807, 2.05) is 19.9 Å². The van der Waals surface area contributed by atoms with Crippen LogP contribution in [0.25, 0.3) is 0 Å². The van der Waals surface area contributed by atoms with Gasteiger partial charge in [-0.1, -0.05) is 32.3 Å². The van der Waals surface area contributed by atoms with Crippen LogP contribution in [0.3, 0.4) is 0 Å². The minimum Gasteiger partial charge on any atom is -0.303 e. The lowest BCUT2D eigenvalue weighted by molar-refractivity contribution is -0.108. The van der Waals surface area contributed by atoms with E-state index in [1.54, 1.807) is 0 Å². The second-order valence-corrected chi connectivity index (χ2v) is 5.23. The van der Waals surface area contributed by atoms with Crippen molar-refractivity contribution in [3.8, 4) is 6.07 Å². The number of nitriles is 1. The Hall–Kier alpha value is -1.62. The Labute approximate surface area is 116 Å². The van der Waals surface area contributed by atoms with Gasteiger partial charge in [0.2, 0.25) is 0 Å². The average Bonchev–Trinajstić information content (AvgIpc) is 2.40. The summed E-state index contributed by atoms with van der Waals surface area (Å²) in [6.45, 7) is 6.19. The number of nitrogens with zero attached hydrogens (tertiary/aromatic N) is 1. The largest absolute Gasteiger partial charge is 0.303 e. The molecule has 0 heterocycles. The molecule has 0 amide bonds. The molecule has 1 rings (SSSR count). The second-order valence-electron chi connectivity index (χ2n) is 5.23. The van der Waals surface area contributed by atoms with Gasteiger partial charge >= 0.3 is 0 Å². The number of hydrogen-bond acceptors (Lipinski definition) is 2. The Bertz CT molecular complexity index is 471. The molecule has 2 heteroatoms. The van der Waals surface area contributed by atoms with E-state index < -0.39 is 0 Å². The minimum absolute atomic E-state index is 0.301. The van der Waals surface area contributed by atoms with Gasteiger partial charge in [0, 0.05) is 6.42 Å². The van der Waals surface area contributed by atoms with Gasteiger partial charge < -0.3 is 4.79 Å². The van der Waals surface area contributed by atoms with Crippen molar-refractivity contribution in [1.29, 1.82) is 5.26 Å². The molecule has 0 aromatic heterocycles. The summed E-state index contributed by atoms with van der Waals surface area (Å²) in [5.74, 6) is 0.301. The van der Waals surface area contributed by atoms with Crippen LogP contribution in [0.5, 0.6) is 0 Å². The Morgan fingerprint density at radius 3 is 2.58 bits per heavy atom. The van der Waals surface area contributed by atoms with Crippen molar-refractivity contribution in [1.82, 2.24) is 0 Å². The molecule has 0 bridgehead atoms. The van der Waals surface area contributed by atoms with Gasteiger partial charge in [-0.2, -0.15) is 5.26 Å². The molecule has 0 aliphatic rings. The van der Waals surface area contributed by atoms with E-state index in [4.69, 9.17) is 5.26 Å². The molecule has 102 valence electrons. The van der Waals surface area contributed by atoms with E-state index in [-0.39, 0.29) is 0 Å². The third kappa shape index (κ3) is 4.21. The molecule has 0 aliphatic carbocycles. The number of carbonyl (C=O) groups excluding carboxylic acids is 1. The Morgan fingerprint density at radius 2 is 2.00 bits per heavy atom. The van der Waals surface area contributed by atoms with Crippen molar-refractivity contribution in [3.63, 3.8) is 0 Å². The molecule has 0 spiro atoms. The summed E-state index contributed by atoms with van der Waals surface area (Å²) in [5.41, 5.74) is 4.11. The van der Waals surface area contributed by atoms with Gasteiger partial charge in [-0.3, -0.25) is 0 Å². The van der Waals surface area contributed by atoms with E-state index in [1.165, 1.54) is 18.4 Å². The predicted octanol–water partition coefficient (Wildman–Crippen LogP) is 4.43. The summed E-state index contributed by atoms with van der Waals surface area (Å²) in [4.78, 5) is 10.9. The standard InChI is InChI=1S/C17H23NO/c1-4-5-6-7-15(8-9-19)17-11-13(2)16(12-18)10-14(17)3/h9-11,15H,4-8H2,1-3H3/t15-/m0/s1. The summed E-state index contributed by atoms with van der Waals surface area (Å²) in [7, 11) is 0. The highest BCUT2D eigenvalue weighted by atomic mass is 16.1. The van der Waals surface area contributed by atoms with Crippen molar-refractivity contribution < 1.29 is 4.79 Å². The fourth-order valence-electron chi connectivity index (χ4n) is 2.56. The molecule has 0 radical (unpaired) electrons. The predicted molar refractivity (Wildman–Crippen MR) is 78.2 cm³/mol. The zero-order valence-corrected chi connectivity index (χ0v) is 12.2. The number of aryl methyl sites for hydroxylation is 2. The fourth-order valence-corrected chi connectivity index (χ4v) is 2.56. The summed E-state index contributed by atoms with van der Waals surface area (Å²) in [6, 6.07) is 6.25. The lowest BCUT2D eigenvalue weighted by Crippen LogP contribution is -2.04. The van der Waals surface area contributed by atoms with E-state index >= 15 is 0 Å². The van der Waals surface area contributed by atoms with Crippen LogP contribution in [0.4, 0.5) is 0 Å². The average molecular weight is 257 g/mol. The molecule has 2 nitrogen and oxygen atoms in total. The fraction of sp³-hybridized carbons (Fsp3) is 0.529. The third-order valence-corrected chi connectivity index (χ3v) is 3.71. The highest BCUT2D eigenvalue weighted by Crippen LogP contribution is 2.29. The lowest BCUT2D eigenvalue weighted by atomic mass is 9.86. The molecular formula is C17H23NO. The molecule has 0 unspecified atom stereocenters. The van der Waals surface area contributed by atoms with Crippen LogP contribution >= 0.6 is 0 Å². The van der Waals surface area contributed by atoms with Crippen molar-refractivity contribution in [2.24, 2.45) is 0 Å². The monoisotopic (exact) mass is 257 g/mol. The third-order valence-electron chi connectivity index (χ3n) is 3.71. The van der Waals surface area contributed by atoms with Crippen molar-refractivity contribution in [2.45, 2.75) is 58.8 Å². The number of carbonyl (C=O) groups is 1. The SMILES string of the molecule is CCCCC[C@@H](CC=O)c1cc(C)c(C#N)cc1C. The van der Waals surface area contributed by atoms with Crippen molar-refractivity contribution in [3.05, 3.63) is 34.4 Å². The molecular weight excluding hydrogens is 234 g/mol. The maximum Gasteiger partial charge on any atom is 0.120 e. The highest BCUT2D eigenvalue weighted by molar-refractivity contribution is 5.53. The first kappa shape index (κ1) is 15.4. The number of aldehydes is 1. The summed E-state index contributed by atoms with van der Waals surface area (Å²) in [5, 5.41) is 9.04. The van der Waals surface area contributed by atoms with Crippen molar-refractivity contribution in [2.75, 3.05) is 0 Å². The van der Waals surface area contributed by atoms with Gasteiger partial charge in [0.1, 0.15) is 6.29 Å². The lowest BCUT2D eigenvalue weighted by Gasteiger charge is -2.18. The van der Waals surface area contributed by atoms with E-state index in [2.05, 4.69) is 19.1 Å². The molecule has 0 saturated heterocycles. The molecule has 0 N–H and O–H groups in total. The minimum atomic E-state index is 0.301. The normalized spacial score (nSPS) is 11.9. The van der Waals surface area contributed by atoms with Crippen LogP contribution in [0.15, 0.2) is 12.1 Å². The highest BCUT2D eigenvalue weighted by Gasteiger charge is 2.15. The summed E-state index contributed by atoms with van der Waals surface area (Å²) < 4.78 is 0. The van der Waals surface area contributed by atoms with Gasteiger partial charge in [0.15, 0.2) is 0 Å². The molecule has 19 heavy (non-hydrogen) atoms. The van der Waals surface area contributed by atoms with Gasteiger partial charge in [-0.25, -0.2) is 0 Å². The van der Waals surface area contributed by atoms with E-state index in [0.29, 0.717) is 12.3 Å². The smallest absolute Gasteiger partial charge is 0.120 e. The van der Waals surface area contributed by atoms with Gasteiger partial charge in [-0.15, -0.1) is 0 Å². The maximum atomic E-state index is 10.9. The molecule has 1 atom stereocenters. The van der Waals surface area contributed by atoms with Crippen LogP contribution in [-0.2, 0) is 4.79 Å². The molecule has 0 aliphatic heterocycles. The first-order valence-corrected chi connectivity index (χ1v) is 7.08. The van der Waals surface area contributed by atoms with Crippen LogP contribution in [0, 0.1) is 25.2 Å². The number of benzene rings is 1. The molecule has 0 fully saturated rings. The van der Waals surface area contributed by atoms with Crippen LogP contribution in [0.1, 0.15) is 67.2 Å². The zero-order chi connectivity index (χ0) is 14.3. The topological polar surface area (TPSA) is 40.9 Å². The first-order chi connectivity index (χ1) is 9.13. The number of hydrogen-bond donors (Lipinski definition) is 0. The van der Waals surface area contributed by atoms with Gasteiger partial charge in [0.25, 0.3) is 0 Å². The van der Waals surface area contributed by atoms with Crippen molar-refractivity contribution >= 4 is 6.29 Å². The van der Waals surface area contributed by atoms with Crippen LogP contribution in [-0.4, -0.2) is 6.29 Å². The quantitative estimate of drug-likeness (QED) is 0.535. The maximum absolute atomic E-state index is 10.9. The molecule has 0 saturated carbocycles. The zero-order valence-electron chi connectivity index (χ0n) is 12.2. The Morgan fingerprint density at radius 1 is 1.26 bits per heavy atom. The molecule has 1 aromatic carbocycles. The summed E-state index contributed by atoms with van der Waals surface area (Å²) >= 11 is 0. The first-order valence-electron chi connectivity index (χ1n) is 7.08. The van der Waals surface area contributed by atoms with Crippen LogP contribution in [0.2, 0.25) is 0 Å². The second kappa shape index (κ2) is 7.74. The molecule has 1 aromatic rings. The van der Waals surface area contributed by atoms with Gasteiger partial charge in [0.05, 0.1) is 11.6 Å². The van der Waals surface area contributed by atoms with Gasteiger partial charge in [-0.05, 0) is 48.9 Å². The Balaban J connectivity index is 2.98. The number of rotatable bonds is 7. The van der Waals surface area contributed by atoms with E-state index in [0.717, 1.165) is 35.8 Å². The number of unbranched alkanes of at least 4 members (excludes halogenated alkanes) is 2. The Kier molecular flexibility index (Phi) is 6.29. The van der Waals surface area contributed by atoms with Crippen LogP contribution < -0.4 is 0 Å².